The van der Waals surface area contributed by atoms with E-state index in [0.717, 1.165) is 37.9 Å². The van der Waals surface area contributed by atoms with Crippen LogP contribution in [-0.2, 0) is 4.74 Å². The van der Waals surface area contributed by atoms with Crippen LogP contribution in [0.5, 0.6) is 0 Å². The first kappa shape index (κ1) is 15.3. The summed E-state index contributed by atoms with van der Waals surface area (Å²) in [6.07, 6.45) is 10.5. The van der Waals surface area contributed by atoms with Crippen LogP contribution in [0.15, 0.2) is 23.0 Å². The van der Waals surface area contributed by atoms with Crippen molar-refractivity contribution in [2.75, 3.05) is 7.11 Å². The summed E-state index contributed by atoms with van der Waals surface area (Å²) in [7, 11) is 1.77. The van der Waals surface area contributed by atoms with Crippen LogP contribution >= 0.6 is 0 Å². The zero-order chi connectivity index (χ0) is 16.2. The third-order valence-corrected chi connectivity index (χ3v) is 7.65. The number of ether oxygens (including phenoxy) is 1. The molecule has 0 aliphatic heterocycles. The van der Waals surface area contributed by atoms with E-state index in [4.69, 9.17) is 4.74 Å². The van der Waals surface area contributed by atoms with Crippen molar-refractivity contribution in [3.05, 3.63) is 23.0 Å². The molecule has 0 amide bonds. The van der Waals surface area contributed by atoms with E-state index in [0.29, 0.717) is 24.2 Å². The lowest BCUT2D eigenvalue weighted by atomic mass is 9.53. The Morgan fingerprint density at radius 1 is 1.30 bits per heavy atom. The average molecular weight is 313 g/mol. The van der Waals surface area contributed by atoms with E-state index >= 15 is 0 Å². The van der Waals surface area contributed by atoms with Crippen molar-refractivity contribution in [1.29, 1.82) is 5.26 Å². The monoisotopic (exact) mass is 313 g/mol. The highest BCUT2D eigenvalue weighted by Crippen LogP contribution is 2.64. The quantitative estimate of drug-likeness (QED) is 0.586. The summed E-state index contributed by atoms with van der Waals surface area (Å²) in [5.41, 5.74) is 1.97. The lowest BCUT2D eigenvalue weighted by Gasteiger charge is -2.52. The Balaban J connectivity index is 1.63. The van der Waals surface area contributed by atoms with E-state index in [-0.39, 0.29) is 5.41 Å². The summed E-state index contributed by atoms with van der Waals surface area (Å²) in [5, 5.41) is 20.4. The number of nitriles is 1. The molecule has 0 heterocycles. The van der Waals surface area contributed by atoms with E-state index < -0.39 is 5.60 Å². The Kier molecular flexibility index (Phi) is 3.39. The maximum atomic E-state index is 10.8. The van der Waals surface area contributed by atoms with Crippen LogP contribution in [0.3, 0.4) is 0 Å². The van der Waals surface area contributed by atoms with Crippen LogP contribution in [0.25, 0.3) is 0 Å². The Hall–Kier alpha value is -1.27. The standard InChI is InChI=1S/C20H27NO2/c1-19-9-7-16-15-6-4-14(23-2)11-13(15)3-5-17(16)18(19)8-10-20(19,22)12-21/h4,16-18,22H,3,5-11H2,1-2H3/t16-,17-,18+,19+,20?/m1/s1. The van der Waals surface area contributed by atoms with Crippen LogP contribution in [0.1, 0.15) is 58.3 Å². The van der Waals surface area contributed by atoms with Gasteiger partial charge in [0.25, 0.3) is 0 Å². The van der Waals surface area contributed by atoms with Gasteiger partial charge in [-0.2, -0.15) is 5.26 Å². The van der Waals surface area contributed by atoms with Crippen molar-refractivity contribution in [1.82, 2.24) is 0 Å². The Morgan fingerprint density at radius 2 is 2.13 bits per heavy atom. The second-order valence-electron chi connectivity index (χ2n) is 8.27. The number of rotatable bonds is 1. The molecule has 3 heteroatoms. The van der Waals surface area contributed by atoms with E-state index in [1.54, 1.807) is 18.3 Å². The molecule has 4 aliphatic rings. The van der Waals surface area contributed by atoms with Crippen LogP contribution in [0, 0.1) is 34.5 Å². The SMILES string of the molecule is COC1=CCC2=C(CC[C@@H]3[C@@H]2CC[C@@]2(C)[C@H]3CCC2(O)C#N)C1. The number of hydrogen-bond donors (Lipinski definition) is 1. The Labute approximate surface area is 139 Å². The summed E-state index contributed by atoms with van der Waals surface area (Å²) in [6.45, 7) is 2.18. The molecule has 0 aromatic rings. The van der Waals surface area contributed by atoms with Gasteiger partial charge in [-0.1, -0.05) is 18.1 Å². The van der Waals surface area contributed by atoms with Gasteiger partial charge in [0.1, 0.15) is 0 Å². The van der Waals surface area contributed by atoms with Crippen molar-refractivity contribution in [2.24, 2.45) is 23.2 Å². The largest absolute Gasteiger partial charge is 0.501 e. The number of nitrogens with zero attached hydrogens (tertiary/aromatic N) is 1. The zero-order valence-corrected chi connectivity index (χ0v) is 14.3. The molecule has 3 nitrogen and oxygen atoms in total. The molecule has 0 aromatic heterocycles. The molecule has 124 valence electrons. The highest BCUT2D eigenvalue weighted by molar-refractivity contribution is 5.33. The molecule has 4 aliphatic carbocycles. The van der Waals surface area contributed by atoms with Crippen molar-refractivity contribution >= 4 is 0 Å². The minimum absolute atomic E-state index is 0.205. The van der Waals surface area contributed by atoms with Gasteiger partial charge in [0.05, 0.1) is 18.9 Å². The maximum absolute atomic E-state index is 10.8. The minimum atomic E-state index is -1.10. The molecule has 0 saturated heterocycles. The molecular formula is C20H27NO2. The highest BCUT2D eigenvalue weighted by atomic mass is 16.5. The van der Waals surface area contributed by atoms with Gasteiger partial charge in [0.15, 0.2) is 5.60 Å². The molecule has 23 heavy (non-hydrogen) atoms. The first-order valence-corrected chi connectivity index (χ1v) is 9.10. The topological polar surface area (TPSA) is 53.2 Å². The van der Waals surface area contributed by atoms with E-state index in [2.05, 4.69) is 19.1 Å². The summed E-state index contributed by atoms with van der Waals surface area (Å²) >= 11 is 0. The molecule has 4 rings (SSSR count). The lowest BCUT2D eigenvalue weighted by Crippen LogP contribution is -2.50. The summed E-state index contributed by atoms with van der Waals surface area (Å²) in [6, 6.07) is 2.26. The van der Waals surface area contributed by atoms with Gasteiger partial charge in [-0.15, -0.1) is 0 Å². The fourth-order valence-electron chi connectivity index (χ4n) is 6.25. The third kappa shape index (κ3) is 1.97. The number of hydrogen-bond acceptors (Lipinski definition) is 3. The molecule has 0 aromatic carbocycles. The molecule has 0 spiro atoms. The van der Waals surface area contributed by atoms with Crippen LogP contribution in [0.4, 0.5) is 0 Å². The summed E-state index contributed by atoms with van der Waals surface area (Å²) < 4.78 is 5.46. The van der Waals surface area contributed by atoms with Gasteiger partial charge in [-0.25, -0.2) is 0 Å². The predicted octanol–water partition coefficient (Wildman–Crippen LogP) is 4.10. The van der Waals surface area contributed by atoms with Gasteiger partial charge in [0, 0.05) is 11.8 Å². The molecule has 0 bridgehead atoms. The fraction of sp³-hybridized carbons (Fsp3) is 0.750. The normalized spacial score (nSPS) is 45.5. The molecule has 5 atom stereocenters. The fourth-order valence-corrected chi connectivity index (χ4v) is 6.25. The first-order valence-electron chi connectivity index (χ1n) is 9.10. The number of aliphatic hydroxyl groups is 1. The predicted molar refractivity (Wildman–Crippen MR) is 88.2 cm³/mol. The highest BCUT2D eigenvalue weighted by Gasteiger charge is 2.62. The average Bonchev–Trinajstić information content (AvgIpc) is 2.86. The van der Waals surface area contributed by atoms with Crippen LogP contribution < -0.4 is 0 Å². The van der Waals surface area contributed by atoms with Crippen molar-refractivity contribution in [3.63, 3.8) is 0 Å². The van der Waals surface area contributed by atoms with Crippen molar-refractivity contribution in [3.8, 4) is 6.07 Å². The van der Waals surface area contributed by atoms with Gasteiger partial charge in [-0.05, 0) is 68.8 Å². The molecule has 1 unspecified atom stereocenters. The van der Waals surface area contributed by atoms with Crippen LogP contribution in [0.2, 0.25) is 0 Å². The minimum Gasteiger partial charge on any atom is -0.501 e. The van der Waals surface area contributed by atoms with Gasteiger partial charge < -0.3 is 9.84 Å². The van der Waals surface area contributed by atoms with E-state index in [9.17, 15) is 10.4 Å². The number of fused-ring (bicyclic) bond motifs is 4. The van der Waals surface area contributed by atoms with Crippen LogP contribution in [-0.4, -0.2) is 17.8 Å². The maximum Gasteiger partial charge on any atom is 0.156 e. The van der Waals surface area contributed by atoms with E-state index in [1.807, 2.05) is 0 Å². The molecule has 2 fully saturated rings. The summed E-state index contributed by atoms with van der Waals surface area (Å²) in [5.74, 6) is 2.97. The van der Waals surface area contributed by atoms with E-state index in [1.165, 1.54) is 12.8 Å². The molecule has 0 radical (unpaired) electrons. The smallest absolute Gasteiger partial charge is 0.156 e. The van der Waals surface area contributed by atoms with Gasteiger partial charge in [-0.3, -0.25) is 0 Å². The van der Waals surface area contributed by atoms with Gasteiger partial charge >= 0.3 is 0 Å². The molecule has 1 N–H and O–H groups in total. The van der Waals surface area contributed by atoms with Crippen molar-refractivity contribution in [2.45, 2.75) is 63.9 Å². The van der Waals surface area contributed by atoms with Gasteiger partial charge in [0.2, 0.25) is 0 Å². The third-order valence-electron chi connectivity index (χ3n) is 7.65. The number of methoxy groups -OCH3 is 1. The second-order valence-corrected chi connectivity index (χ2v) is 8.27. The second kappa shape index (κ2) is 5.11. The first-order chi connectivity index (χ1) is 11.0. The molecule has 2 saturated carbocycles. The molecular weight excluding hydrogens is 286 g/mol. The number of allylic oxidation sites excluding steroid dienone is 3. The Bertz CT molecular complexity index is 628. The summed E-state index contributed by atoms with van der Waals surface area (Å²) in [4.78, 5) is 0. The van der Waals surface area contributed by atoms with Crippen molar-refractivity contribution < 1.29 is 9.84 Å². The zero-order valence-electron chi connectivity index (χ0n) is 14.3. The lowest BCUT2D eigenvalue weighted by molar-refractivity contribution is -0.0719. The Morgan fingerprint density at radius 3 is 2.87 bits per heavy atom.